The molecule has 0 spiro atoms. The van der Waals surface area contributed by atoms with E-state index in [2.05, 4.69) is 24.3 Å². The highest BCUT2D eigenvalue weighted by atomic mass is 16.5. The summed E-state index contributed by atoms with van der Waals surface area (Å²) in [5.41, 5.74) is 3.66. The summed E-state index contributed by atoms with van der Waals surface area (Å²) in [6.07, 6.45) is 3.89. The number of ether oxygens (including phenoxy) is 1. The number of aryl methyl sites for hydroxylation is 2. The van der Waals surface area contributed by atoms with E-state index in [0.717, 1.165) is 23.4 Å². The first kappa shape index (κ1) is 15.1. The Morgan fingerprint density at radius 1 is 1.48 bits per heavy atom. The van der Waals surface area contributed by atoms with Gasteiger partial charge in [-0.25, -0.2) is 4.79 Å². The van der Waals surface area contributed by atoms with E-state index in [1.807, 2.05) is 36.1 Å². The van der Waals surface area contributed by atoms with Crippen molar-refractivity contribution in [1.82, 2.24) is 9.78 Å². The minimum atomic E-state index is -0.329. The first-order valence-corrected chi connectivity index (χ1v) is 7.03. The van der Waals surface area contributed by atoms with Crippen LogP contribution < -0.4 is 5.32 Å². The van der Waals surface area contributed by atoms with Crippen LogP contribution in [0.2, 0.25) is 0 Å². The fourth-order valence-electron chi connectivity index (χ4n) is 2.12. The topological polar surface area (TPSA) is 56.2 Å². The second-order valence-corrected chi connectivity index (χ2v) is 5.02. The van der Waals surface area contributed by atoms with E-state index >= 15 is 0 Å². The molecule has 5 heteroatoms. The van der Waals surface area contributed by atoms with Crippen LogP contribution in [-0.2, 0) is 11.3 Å². The summed E-state index contributed by atoms with van der Waals surface area (Å²) in [4.78, 5) is 11.6. The van der Waals surface area contributed by atoms with Crippen LogP contribution in [0.15, 0.2) is 30.6 Å². The lowest BCUT2D eigenvalue weighted by Gasteiger charge is -2.16. The van der Waals surface area contributed by atoms with Gasteiger partial charge in [-0.1, -0.05) is 6.07 Å². The van der Waals surface area contributed by atoms with Crippen LogP contribution in [-0.4, -0.2) is 22.9 Å². The Bertz CT molecular complexity index is 634. The van der Waals surface area contributed by atoms with E-state index in [-0.39, 0.29) is 12.0 Å². The lowest BCUT2D eigenvalue weighted by Crippen LogP contribution is -2.09. The number of nitrogens with zero attached hydrogens (tertiary/aromatic N) is 2. The van der Waals surface area contributed by atoms with E-state index in [4.69, 9.17) is 4.74 Å². The van der Waals surface area contributed by atoms with Crippen molar-refractivity contribution in [2.45, 2.75) is 33.4 Å². The lowest BCUT2D eigenvalue weighted by atomic mass is 10.1. The Balaban J connectivity index is 2.19. The molecule has 0 bridgehead atoms. The molecule has 1 aromatic heterocycles. The molecule has 0 fully saturated rings. The molecule has 5 nitrogen and oxygen atoms in total. The van der Waals surface area contributed by atoms with Crippen LogP contribution in [0, 0.1) is 6.92 Å². The maximum atomic E-state index is 11.6. The van der Waals surface area contributed by atoms with Crippen molar-refractivity contribution < 1.29 is 9.53 Å². The van der Waals surface area contributed by atoms with Gasteiger partial charge in [-0.05, 0) is 38.5 Å². The molecule has 0 radical (unpaired) electrons. The van der Waals surface area contributed by atoms with Crippen LogP contribution in [0.5, 0.6) is 0 Å². The summed E-state index contributed by atoms with van der Waals surface area (Å²) in [6, 6.07) is 5.61. The highest BCUT2D eigenvalue weighted by Crippen LogP contribution is 2.23. The molecule has 112 valence electrons. The van der Waals surface area contributed by atoms with Gasteiger partial charge >= 0.3 is 5.97 Å². The Morgan fingerprint density at radius 2 is 2.24 bits per heavy atom. The fraction of sp³-hybridized carbons (Fsp3) is 0.375. The summed E-state index contributed by atoms with van der Waals surface area (Å²) in [5, 5.41) is 7.70. The van der Waals surface area contributed by atoms with Crippen LogP contribution >= 0.6 is 0 Å². The highest BCUT2D eigenvalue weighted by Gasteiger charge is 2.12. The third-order valence-electron chi connectivity index (χ3n) is 3.51. The average Bonchev–Trinajstić information content (AvgIpc) is 2.97. The summed E-state index contributed by atoms with van der Waals surface area (Å²) >= 11 is 0. The van der Waals surface area contributed by atoms with Gasteiger partial charge in [-0.2, -0.15) is 5.10 Å². The molecule has 1 atom stereocenters. The summed E-state index contributed by atoms with van der Waals surface area (Å²) < 4.78 is 6.65. The monoisotopic (exact) mass is 287 g/mol. The number of nitrogens with one attached hydrogen (secondary N) is 1. The first-order chi connectivity index (χ1) is 10.0. The highest BCUT2D eigenvalue weighted by molar-refractivity contribution is 5.90. The molecule has 0 saturated carbocycles. The smallest absolute Gasteiger partial charge is 0.337 e. The predicted molar refractivity (Wildman–Crippen MR) is 82.5 cm³/mol. The standard InChI is InChI=1S/C16H21N3O2/c1-5-19-10-14(9-17-19)12(3)18-15-8-13(16(20)21-4)7-6-11(15)2/h6-10,12,18H,5H2,1-4H3. The largest absolute Gasteiger partial charge is 0.465 e. The molecule has 21 heavy (non-hydrogen) atoms. The van der Waals surface area contributed by atoms with Crippen molar-refractivity contribution in [3.8, 4) is 0 Å². The van der Waals surface area contributed by atoms with Gasteiger partial charge in [0.2, 0.25) is 0 Å². The van der Waals surface area contributed by atoms with E-state index in [9.17, 15) is 4.79 Å². The van der Waals surface area contributed by atoms with Crippen LogP contribution in [0.3, 0.4) is 0 Å². The number of aromatic nitrogens is 2. The summed E-state index contributed by atoms with van der Waals surface area (Å²) in [5.74, 6) is -0.329. The van der Waals surface area contributed by atoms with Crippen molar-refractivity contribution in [3.05, 3.63) is 47.3 Å². The zero-order valence-corrected chi connectivity index (χ0v) is 12.9. The zero-order valence-electron chi connectivity index (χ0n) is 12.9. The number of methoxy groups -OCH3 is 1. The molecule has 0 amide bonds. The van der Waals surface area contributed by atoms with Gasteiger partial charge < -0.3 is 10.1 Å². The second-order valence-electron chi connectivity index (χ2n) is 5.02. The van der Waals surface area contributed by atoms with Crippen LogP contribution in [0.1, 0.15) is 41.4 Å². The minimum Gasteiger partial charge on any atom is -0.465 e. The summed E-state index contributed by atoms with van der Waals surface area (Å²) in [6.45, 7) is 6.98. The third kappa shape index (κ3) is 3.42. The molecule has 0 saturated heterocycles. The van der Waals surface area contributed by atoms with Crippen molar-refractivity contribution >= 4 is 11.7 Å². The van der Waals surface area contributed by atoms with Crippen LogP contribution in [0.4, 0.5) is 5.69 Å². The van der Waals surface area contributed by atoms with Gasteiger partial charge in [0, 0.05) is 24.0 Å². The first-order valence-electron chi connectivity index (χ1n) is 7.03. The molecule has 1 aromatic carbocycles. The fourth-order valence-corrected chi connectivity index (χ4v) is 2.12. The molecule has 2 aromatic rings. The molecule has 1 heterocycles. The van der Waals surface area contributed by atoms with Crippen molar-refractivity contribution in [2.24, 2.45) is 0 Å². The van der Waals surface area contributed by atoms with Gasteiger partial charge in [-0.15, -0.1) is 0 Å². The van der Waals surface area contributed by atoms with Crippen molar-refractivity contribution in [3.63, 3.8) is 0 Å². The van der Waals surface area contributed by atoms with Crippen molar-refractivity contribution in [1.29, 1.82) is 0 Å². The second kappa shape index (κ2) is 6.43. The maximum absolute atomic E-state index is 11.6. The number of anilines is 1. The van der Waals surface area contributed by atoms with E-state index in [1.54, 1.807) is 6.07 Å². The number of hydrogen-bond donors (Lipinski definition) is 1. The zero-order chi connectivity index (χ0) is 15.4. The maximum Gasteiger partial charge on any atom is 0.337 e. The van der Waals surface area contributed by atoms with Crippen molar-refractivity contribution in [2.75, 3.05) is 12.4 Å². The molecular weight excluding hydrogens is 266 g/mol. The number of hydrogen-bond acceptors (Lipinski definition) is 4. The van der Waals surface area contributed by atoms with E-state index < -0.39 is 0 Å². The van der Waals surface area contributed by atoms with Gasteiger partial charge in [-0.3, -0.25) is 4.68 Å². The third-order valence-corrected chi connectivity index (χ3v) is 3.51. The number of carbonyl (C=O) groups excluding carboxylic acids is 1. The number of carbonyl (C=O) groups is 1. The molecule has 1 unspecified atom stereocenters. The van der Waals surface area contributed by atoms with E-state index in [0.29, 0.717) is 5.56 Å². The molecule has 0 aliphatic heterocycles. The Labute approximate surface area is 124 Å². The molecule has 2 rings (SSSR count). The van der Waals surface area contributed by atoms with E-state index in [1.165, 1.54) is 7.11 Å². The van der Waals surface area contributed by atoms with Gasteiger partial charge in [0.15, 0.2) is 0 Å². The van der Waals surface area contributed by atoms with Gasteiger partial charge in [0.05, 0.1) is 24.9 Å². The minimum absolute atomic E-state index is 0.108. The number of esters is 1. The Morgan fingerprint density at radius 3 is 2.86 bits per heavy atom. The van der Waals surface area contributed by atoms with Gasteiger partial charge in [0.25, 0.3) is 0 Å². The molecular formula is C16H21N3O2. The number of benzene rings is 1. The molecule has 0 aliphatic carbocycles. The summed E-state index contributed by atoms with van der Waals surface area (Å²) in [7, 11) is 1.39. The normalized spacial score (nSPS) is 12.0. The van der Waals surface area contributed by atoms with Gasteiger partial charge in [0.1, 0.15) is 0 Å². The molecule has 1 N–H and O–H groups in total. The average molecular weight is 287 g/mol. The number of rotatable bonds is 5. The Kier molecular flexibility index (Phi) is 4.62. The Hall–Kier alpha value is -2.30. The quantitative estimate of drug-likeness (QED) is 0.858. The lowest BCUT2D eigenvalue weighted by molar-refractivity contribution is 0.0601. The van der Waals surface area contributed by atoms with Crippen LogP contribution in [0.25, 0.3) is 0 Å². The SMILES string of the molecule is CCn1cc(C(C)Nc2cc(C(=O)OC)ccc2C)cn1. The molecule has 0 aliphatic rings. The predicted octanol–water partition coefficient (Wildman–Crippen LogP) is 3.17.